The lowest BCUT2D eigenvalue weighted by Gasteiger charge is -2.39. The number of hydrogen-bond acceptors (Lipinski definition) is 3. The highest BCUT2D eigenvalue weighted by Crippen LogP contribution is 2.29. The van der Waals surface area contributed by atoms with E-state index in [1.165, 1.54) is 25.7 Å². The van der Waals surface area contributed by atoms with E-state index < -0.39 is 0 Å². The summed E-state index contributed by atoms with van der Waals surface area (Å²) in [5.41, 5.74) is 0.955. The van der Waals surface area contributed by atoms with Gasteiger partial charge in [0, 0.05) is 18.2 Å². The van der Waals surface area contributed by atoms with Crippen molar-refractivity contribution < 1.29 is 9.53 Å². The van der Waals surface area contributed by atoms with Crippen molar-refractivity contribution in [2.75, 3.05) is 13.1 Å². The Kier molecular flexibility index (Phi) is 3.90. The Hall–Kier alpha value is -1.58. The number of nitrogens with zero attached hydrogens (tertiary/aromatic N) is 2. The summed E-state index contributed by atoms with van der Waals surface area (Å²) in [6, 6.07) is 5.76. The number of ether oxygens (including phenoxy) is 1. The summed E-state index contributed by atoms with van der Waals surface area (Å²) in [5, 5.41) is 0. The number of aryl methyl sites for hydroxylation is 1. The Balaban J connectivity index is 1.43. The fourth-order valence-electron chi connectivity index (χ4n) is 3.06. The van der Waals surface area contributed by atoms with Crippen LogP contribution in [0.2, 0.25) is 0 Å². The second kappa shape index (κ2) is 5.81. The summed E-state index contributed by atoms with van der Waals surface area (Å²) in [6.07, 6.45) is 5.89. The van der Waals surface area contributed by atoms with Gasteiger partial charge in [0.25, 0.3) is 0 Å². The van der Waals surface area contributed by atoms with E-state index in [0.717, 1.165) is 12.1 Å². The average Bonchev–Trinajstić information content (AvgIpc) is 2.86. The molecule has 0 atom stereocenters. The third kappa shape index (κ3) is 3.11. The van der Waals surface area contributed by atoms with E-state index in [-0.39, 0.29) is 6.10 Å². The minimum atomic E-state index is 0.108. The lowest BCUT2D eigenvalue weighted by molar-refractivity contribution is -0.141. The lowest BCUT2D eigenvalue weighted by Crippen LogP contribution is -2.56. The Morgan fingerprint density at radius 1 is 1.35 bits per heavy atom. The van der Waals surface area contributed by atoms with E-state index in [9.17, 15) is 4.79 Å². The third-order valence-electron chi connectivity index (χ3n) is 4.29. The number of aromatic nitrogens is 1. The second-order valence-corrected chi connectivity index (χ2v) is 6.01. The van der Waals surface area contributed by atoms with Crippen molar-refractivity contribution in [2.45, 2.75) is 45.1 Å². The number of pyridine rings is 1. The zero-order valence-corrected chi connectivity index (χ0v) is 12.0. The maximum absolute atomic E-state index is 12.1. The summed E-state index contributed by atoms with van der Waals surface area (Å²) < 4.78 is 5.78. The first kappa shape index (κ1) is 13.4. The van der Waals surface area contributed by atoms with Crippen LogP contribution in [-0.4, -0.2) is 35.0 Å². The van der Waals surface area contributed by atoms with Crippen LogP contribution in [0.3, 0.4) is 0 Å². The maximum Gasteiger partial charge on any atom is 0.223 e. The van der Waals surface area contributed by atoms with Crippen LogP contribution in [0, 0.1) is 12.8 Å². The van der Waals surface area contributed by atoms with Crippen LogP contribution in [0.25, 0.3) is 0 Å². The van der Waals surface area contributed by atoms with Crippen LogP contribution in [-0.2, 0) is 4.79 Å². The van der Waals surface area contributed by atoms with Crippen molar-refractivity contribution in [3.8, 4) is 5.88 Å². The highest BCUT2D eigenvalue weighted by atomic mass is 16.5. The van der Waals surface area contributed by atoms with Gasteiger partial charge in [-0.05, 0) is 31.7 Å². The summed E-state index contributed by atoms with van der Waals surface area (Å²) in [7, 11) is 0. The van der Waals surface area contributed by atoms with Crippen LogP contribution in [0.15, 0.2) is 18.2 Å². The molecule has 1 aromatic rings. The molecule has 1 aliphatic carbocycles. The molecule has 1 aliphatic heterocycles. The van der Waals surface area contributed by atoms with Crippen LogP contribution in [0.1, 0.15) is 37.8 Å². The molecule has 2 fully saturated rings. The highest BCUT2D eigenvalue weighted by Gasteiger charge is 2.33. The summed E-state index contributed by atoms with van der Waals surface area (Å²) in [5.74, 6) is 1.59. The Labute approximate surface area is 120 Å². The number of carbonyl (C=O) groups is 1. The van der Waals surface area contributed by atoms with Gasteiger partial charge in [-0.1, -0.05) is 18.9 Å². The maximum atomic E-state index is 12.1. The molecule has 0 bridgehead atoms. The van der Waals surface area contributed by atoms with Crippen molar-refractivity contribution in [2.24, 2.45) is 5.92 Å². The molecule has 2 aliphatic rings. The van der Waals surface area contributed by atoms with Gasteiger partial charge in [0.2, 0.25) is 11.8 Å². The predicted octanol–water partition coefficient (Wildman–Crippen LogP) is 2.56. The largest absolute Gasteiger partial charge is 0.471 e. The van der Waals surface area contributed by atoms with Crippen LogP contribution in [0.4, 0.5) is 0 Å². The summed E-state index contributed by atoms with van der Waals surface area (Å²) >= 11 is 0. The molecule has 0 aromatic carbocycles. The SMILES string of the molecule is Cc1cccc(OC2CN(C(=O)CC3CCCC3)C2)n1. The van der Waals surface area contributed by atoms with E-state index in [1.54, 1.807) is 0 Å². The van der Waals surface area contributed by atoms with Crippen LogP contribution in [0.5, 0.6) is 5.88 Å². The van der Waals surface area contributed by atoms with E-state index in [2.05, 4.69) is 4.98 Å². The fourth-order valence-corrected chi connectivity index (χ4v) is 3.06. The average molecular weight is 274 g/mol. The Morgan fingerprint density at radius 2 is 2.10 bits per heavy atom. The lowest BCUT2D eigenvalue weighted by atomic mass is 10.0. The highest BCUT2D eigenvalue weighted by molar-refractivity contribution is 5.77. The molecular formula is C16H22N2O2. The summed E-state index contributed by atoms with van der Waals surface area (Å²) in [4.78, 5) is 18.3. The smallest absolute Gasteiger partial charge is 0.223 e. The van der Waals surface area contributed by atoms with E-state index >= 15 is 0 Å². The van der Waals surface area contributed by atoms with Crippen molar-refractivity contribution in [1.82, 2.24) is 9.88 Å². The van der Waals surface area contributed by atoms with Crippen molar-refractivity contribution in [3.63, 3.8) is 0 Å². The van der Waals surface area contributed by atoms with Gasteiger partial charge in [0.05, 0.1) is 13.1 Å². The molecule has 1 aromatic heterocycles. The number of likely N-dealkylation sites (tertiary alicyclic amines) is 1. The Morgan fingerprint density at radius 3 is 2.80 bits per heavy atom. The molecule has 4 nitrogen and oxygen atoms in total. The minimum Gasteiger partial charge on any atom is -0.471 e. The molecule has 2 heterocycles. The quantitative estimate of drug-likeness (QED) is 0.847. The molecule has 1 amide bonds. The normalized spacial score (nSPS) is 19.9. The molecule has 0 radical (unpaired) electrons. The first-order valence-electron chi connectivity index (χ1n) is 7.59. The fraction of sp³-hybridized carbons (Fsp3) is 0.625. The molecule has 20 heavy (non-hydrogen) atoms. The molecule has 0 unspecified atom stereocenters. The van der Waals surface area contributed by atoms with Gasteiger partial charge in [-0.3, -0.25) is 4.79 Å². The molecular weight excluding hydrogens is 252 g/mol. The van der Waals surface area contributed by atoms with Gasteiger partial charge in [-0.2, -0.15) is 0 Å². The van der Waals surface area contributed by atoms with Gasteiger partial charge < -0.3 is 9.64 Å². The van der Waals surface area contributed by atoms with Crippen LogP contribution >= 0.6 is 0 Å². The molecule has 1 saturated heterocycles. The second-order valence-electron chi connectivity index (χ2n) is 6.01. The molecule has 0 spiro atoms. The topological polar surface area (TPSA) is 42.4 Å². The molecule has 3 rings (SSSR count). The minimum absolute atomic E-state index is 0.108. The summed E-state index contributed by atoms with van der Waals surface area (Å²) in [6.45, 7) is 3.37. The van der Waals surface area contributed by atoms with Crippen molar-refractivity contribution in [1.29, 1.82) is 0 Å². The zero-order chi connectivity index (χ0) is 13.9. The zero-order valence-electron chi connectivity index (χ0n) is 12.0. The van der Waals surface area contributed by atoms with Gasteiger partial charge in [-0.25, -0.2) is 4.98 Å². The number of hydrogen-bond donors (Lipinski definition) is 0. The van der Waals surface area contributed by atoms with E-state index in [1.807, 2.05) is 30.0 Å². The monoisotopic (exact) mass is 274 g/mol. The third-order valence-corrected chi connectivity index (χ3v) is 4.29. The number of rotatable bonds is 4. The first-order valence-corrected chi connectivity index (χ1v) is 7.59. The van der Waals surface area contributed by atoms with Gasteiger partial charge in [0.15, 0.2) is 0 Å². The van der Waals surface area contributed by atoms with Gasteiger partial charge in [0.1, 0.15) is 6.10 Å². The Bertz CT molecular complexity index is 477. The first-order chi connectivity index (χ1) is 9.70. The predicted molar refractivity (Wildman–Crippen MR) is 76.5 cm³/mol. The van der Waals surface area contributed by atoms with Crippen LogP contribution < -0.4 is 4.74 Å². The molecule has 1 saturated carbocycles. The molecule has 108 valence electrons. The van der Waals surface area contributed by atoms with Crippen molar-refractivity contribution >= 4 is 5.91 Å². The number of amides is 1. The molecule has 0 N–H and O–H groups in total. The van der Waals surface area contributed by atoms with Gasteiger partial charge >= 0.3 is 0 Å². The molecule has 4 heteroatoms. The van der Waals surface area contributed by atoms with E-state index in [0.29, 0.717) is 30.8 Å². The van der Waals surface area contributed by atoms with Gasteiger partial charge in [-0.15, -0.1) is 0 Å². The number of carbonyl (C=O) groups excluding carboxylic acids is 1. The van der Waals surface area contributed by atoms with Crippen molar-refractivity contribution in [3.05, 3.63) is 23.9 Å². The standard InChI is InChI=1S/C16H22N2O2/c1-12-5-4-8-15(17-12)20-14-10-18(11-14)16(19)9-13-6-2-3-7-13/h4-5,8,13-14H,2-3,6-7,9-11H2,1H3. The van der Waals surface area contributed by atoms with E-state index in [4.69, 9.17) is 4.74 Å².